The summed E-state index contributed by atoms with van der Waals surface area (Å²) in [5, 5.41) is 18.6. The zero-order valence-electron chi connectivity index (χ0n) is 7.48. The number of rotatable bonds is 3. The normalized spacial score (nSPS) is 8.93. The number of thiocyanates is 1. The van der Waals surface area contributed by atoms with E-state index in [1.165, 1.54) is 12.3 Å². The number of Topliss-reactive ketones (excluding diaryl/α,β-unsaturated/α-hetero) is 1. The quantitative estimate of drug-likeness (QED) is 0.594. The van der Waals surface area contributed by atoms with Crippen molar-refractivity contribution in [3.05, 3.63) is 33.7 Å². The number of aromatic amines is 1. The summed E-state index contributed by atoms with van der Waals surface area (Å²) in [5.41, 5.74) is -0.404. The van der Waals surface area contributed by atoms with Crippen LogP contribution in [0.5, 0.6) is 0 Å². The van der Waals surface area contributed by atoms with Crippen molar-refractivity contribution < 1.29 is 4.79 Å². The molecule has 0 radical (unpaired) electrons. The third-order valence-corrected chi connectivity index (χ3v) is 2.15. The number of nitriles is 2. The van der Waals surface area contributed by atoms with Gasteiger partial charge in [0.2, 0.25) is 0 Å². The summed E-state index contributed by atoms with van der Waals surface area (Å²) in [4.78, 5) is 24.7. The fourth-order valence-electron chi connectivity index (χ4n) is 0.909. The smallest absolute Gasteiger partial charge is 0.265 e. The number of aromatic nitrogens is 1. The van der Waals surface area contributed by atoms with Gasteiger partial charge in [-0.15, -0.1) is 0 Å². The van der Waals surface area contributed by atoms with Crippen molar-refractivity contribution in [3.63, 3.8) is 0 Å². The summed E-state index contributed by atoms with van der Waals surface area (Å²) in [6.45, 7) is 0. The minimum Gasteiger partial charge on any atom is -0.327 e. The van der Waals surface area contributed by atoms with Gasteiger partial charge in [0.15, 0.2) is 5.78 Å². The highest BCUT2D eigenvalue weighted by molar-refractivity contribution is 8.04. The second-order valence-corrected chi connectivity index (χ2v) is 3.31. The van der Waals surface area contributed by atoms with Crippen LogP contribution in [0.1, 0.15) is 15.9 Å². The van der Waals surface area contributed by atoms with Crippen LogP contribution in [0.3, 0.4) is 0 Å². The third kappa shape index (κ3) is 2.70. The van der Waals surface area contributed by atoms with Gasteiger partial charge in [-0.25, -0.2) is 0 Å². The molecule has 0 amide bonds. The van der Waals surface area contributed by atoms with E-state index in [4.69, 9.17) is 10.5 Å². The van der Waals surface area contributed by atoms with Crippen LogP contribution >= 0.6 is 11.8 Å². The van der Waals surface area contributed by atoms with Gasteiger partial charge >= 0.3 is 0 Å². The average Bonchev–Trinajstić information content (AvgIpc) is 2.26. The van der Waals surface area contributed by atoms with Crippen LogP contribution in [-0.2, 0) is 0 Å². The van der Waals surface area contributed by atoms with Crippen LogP contribution in [0, 0.1) is 22.0 Å². The monoisotopic (exact) mass is 219 g/mol. The van der Waals surface area contributed by atoms with E-state index >= 15 is 0 Å². The first-order valence-electron chi connectivity index (χ1n) is 3.86. The topological polar surface area (TPSA) is 97.5 Å². The number of ketones is 1. The van der Waals surface area contributed by atoms with Crippen molar-refractivity contribution in [3.8, 4) is 11.5 Å². The highest BCUT2D eigenvalue weighted by Crippen LogP contribution is 2.05. The molecule has 0 unspecified atom stereocenters. The van der Waals surface area contributed by atoms with E-state index in [2.05, 4.69) is 4.98 Å². The molecule has 0 fully saturated rings. The Balaban J connectivity index is 2.98. The first-order valence-corrected chi connectivity index (χ1v) is 4.84. The molecular weight excluding hydrogens is 214 g/mol. The summed E-state index contributed by atoms with van der Waals surface area (Å²) in [6, 6.07) is 2.90. The van der Waals surface area contributed by atoms with Gasteiger partial charge in [-0.05, 0) is 17.8 Å². The molecule has 0 saturated heterocycles. The summed E-state index contributed by atoms with van der Waals surface area (Å²) in [7, 11) is 0. The highest BCUT2D eigenvalue weighted by atomic mass is 32.2. The Hall–Kier alpha value is -2.05. The van der Waals surface area contributed by atoms with Crippen LogP contribution in [0.25, 0.3) is 0 Å². The fraction of sp³-hybridized carbons (Fsp3) is 0.111. The molecule has 0 aromatic carbocycles. The molecule has 0 atom stereocenters. The molecular formula is C9H5N3O2S. The van der Waals surface area contributed by atoms with Crippen molar-refractivity contribution in [2.24, 2.45) is 0 Å². The van der Waals surface area contributed by atoms with Crippen molar-refractivity contribution in [2.75, 3.05) is 5.75 Å². The van der Waals surface area contributed by atoms with Gasteiger partial charge in [-0.3, -0.25) is 9.59 Å². The van der Waals surface area contributed by atoms with Crippen molar-refractivity contribution in [2.45, 2.75) is 0 Å². The molecule has 5 nitrogen and oxygen atoms in total. The Morgan fingerprint density at radius 3 is 2.87 bits per heavy atom. The van der Waals surface area contributed by atoms with Crippen molar-refractivity contribution in [1.29, 1.82) is 10.5 Å². The van der Waals surface area contributed by atoms with E-state index in [-0.39, 0.29) is 22.7 Å². The standard InChI is InChI=1S/C9H5N3O2S/c10-2-6-1-7(3-12-9(6)14)8(13)4-15-5-11/h1,3H,4H2,(H,12,14). The molecule has 0 bridgehead atoms. The lowest BCUT2D eigenvalue weighted by atomic mass is 10.1. The first-order chi connectivity index (χ1) is 7.19. The lowest BCUT2D eigenvalue weighted by Gasteiger charge is -1.97. The number of carbonyl (C=O) groups excluding carboxylic acids is 1. The number of hydrogen-bond donors (Lipinski definition) is 1. The molecule has 0 aliphatic carbocycles. The predicted octanol–water partition coefficient (Wildman–Crippen LogP) is 0.644. The van der Waals surface area contributed by atoms with E-state index in [0.717, 1.165) is 11.8 Å². The molecule has 1 aromatic heterocycles. The second-order valence-electron chi connectivity index (χ2n) is 2.55. The number of pyridine rings is 1. The highest BCUT2D eigenvalue weighted by Gasteiger charge is 2.08. The molecule has 1 N–H and O–H groups in total. The Morgan fingerprint density at radius 2 is 2.27 bits per heavy atom. The van der Waals surface area contributed by atoms with Crippen molar-refractivity contribution >= 4 is 17.5 Å². The van der Waals surface area contributed by atoms with Crippen molar-refractivity contribution in [1.82, 2.24) is 4.98 Å². The Morgan fingerprint density at radius 1 is 1.53 bits per heavy atom. The van der Waals surface area contributed by atoms with Gasteiger partial charge in [0.1, 0.15) is 17.0 Å². The molecule has 6 heteroatoms. The molecule has 0 aliphatic rings. The molecule has 1 aromatic rings. The lowest BCUT2D eigenvalue weighted by Crippen LogP contribution is -2.13. The molecule has 0 aliphatic heterocycles. The molecule has 0 spiro atoms. The van der Waals surface area contributed by atoms with Gasteiger partial charge in [0.25, 0.3) is 5.56 Å². The maximum absolute atomic E-state index is 11.4. The lowest BCUT2D eigenvalue weighted by molar-refractivity contribution is 0.102. The third-order valence-electron chi connectivity index (χ3n) is 1.61. The van der Waals surface area contributed by atoms with E-state index in [1.54, 1.807) is 11.5 Å². The zero-order chi connectivity index (χ0) is 11.3. The van der Waals surface area contributed by atoms with Gasteiger partial charge in [0.05, 0.1) is 5.75 Å². The number of H-pyrrole nitrogens is 1. The largest absolute Gasteiger partial charge is 0.327 e. The van der Waals surface area contributed by atoms with E-state index in [0.29, 0.717) is 0 Å². The van der Waals surface area contributed by atoms with Gasteiger partial charge in [-0.1, -0.05) is 0 Å². The van der Waals surface area contributed by atoms with Gasteiger partial charge < -0.3 is 4.98 Å². The first kappa shape index (κ1) is 11.0. The fourth-order valence-corrected chi connectivity index (χ4v) is 1.27. The van der Waals surface area contributed by atoms with Crippen LogP contribution in [0.15, 0.2) is 17.1 Å². The van der Waals surface area contributed by atoms with Crippen LogP contribution in [-0.4, -0.2) is 16.5 Å². The Kier molecular flexibility index (Phi) is 3.67. The van der Waals surface area contributed by atoms with E-state index in [9.17, 15) is 9.59 Å². The van der Waals surface area contributed by atoms with E-state index < -0.39 is 5.56 Å². The van der Waals surface area contributed by atoms with E-state index in [1.807, 2.05) is 0 Å². The predicted molar refractivity (Wildman–Crippen MR) is 54.2 cm³/mol. The SMILES string of the molecule is N#CSCC(=O)c1c[nH]c(=O)c(C#N)c1. The van der Waals surface area contributed by atoms with Crippen LogP contribution in [0.4, 0.5) is 0 Å². The summed E-state index contributed by atoms with van der Waals surface area (Å²) < 4.78 is 0. The van der Waals surface area contributed by atoms with Gasteiger partial charge in [0, 0.05) is 11.8 Å². The Labute approximate surface area is 89.3 Å². The Bertz CT molecular complexity index is 521. The summed E-state index contributed by atoms with van der Waals surface area (Å²) in [5.74, 6) is -0.290. The molecule has 1 heterocycles. The summed E-state index contributed by atoms with van der Waals surface area (Å²) in [6.07, 6.45) is 1.24. The van der Waals surface area contributed by atoms with Crippen LogP contribution < -0.4 is 5.56 Å². The number of thioether (sulfide) groups is 1. The molecule has 0 saturated carbocycles. The molecule has 1 rings (SSSR count). The molecule has 74 valence electrons. The number of nitrogens with one attached hydrogen (secondary N) is 1. The zero-order valence-corrected chi connectivity index (χ0v) is 8.30. The molecule has 15 heavy (non-hydrogen) atoms. The number of carbonyl (C=O) groups is 1. The van der Waals surface area contributed by atoms with Gasteiger partial charge in [-0.2, -0.15) is 10.5 Å². The summed E-state index contributed by atoms with van der Waals surface area (Å²) >= 11 is 0.810. The van der Waals surface area contributed by atoms with Crippen LogP contribution in [0.2, 0.25) is 0 Å². The minimum absolute atomic E-state index is 0.00735. The maximum atomic E-state index is 11.4. The minimum atomic E-state index is -0.526. The number of nitrogens with zero attached hydrogens (tertiary/aromatic N) is 2. The second kappa shape index (κ2) is 4.99. The average molecular weight is 219 g/mol. The number of hydrogen-bond acceptors (Lipinski definition) is 5. The maximum Gasteiger partial charge on any atom is 0.265 e.